The third-order valence-electron chi connectivity index (χ3n) is 6.39. The van der Waals surface area contributed by atoms with Gasteiger partial charge in [0.25, 0.3) is 10.0 Å². The first kappa shape index (κ1) is 32.7. The summed E-state index contributed by atoms with van der Waals surface area (Å²) in [5.41, 5.74) is 1.86. The first-order chi connectivity index (χ1) is 19.4. The Morgan fingerprint density at radius 2 is 1.68 bits per heavy atom. The van der Waals surface area contributed by atoms with Gasteiger partial charge in [-0.1, -0.05) is 53.9 Å². The van der Waals surface area contributed by atoms with Crippen LogP contribution >= 0.6 is 39.1 Å². The number of benzene rings is 3. The lowest BCUT2D eigenvalue weighted by Crippen LogP contribution is -2.52. The fourth-order valence-electron chi connectivity index (χ4n) is 4.22. The number of halogens is 3. The van der Waals surface area contributed by atoms with Crippen LogP contribution in [0.4, 0.5) is 5.69 Å². The molecular formula is C29H32BrCl2N3O5S. The van der Waals surface area contributed by atoms with E-state index >= 15 is 0 Å². The fourth-order valence-corrected chi connectivity index (χ4v) is 6.67. The summed E-state index contributed by atoms with van der Waals surface area (Å²) in [6, 6.07) is 15.3. The first-order valence-corrected chi connectivity index (χ1v) is 15.9. The molecule has 0 fully saturated rings. The second-order valence-electron chi connectivity index (χ2n) is 9.23. The quantitative estimate of drug-likeness (QED) is 0.245. The molecule has 0 aliphatic heterocycles. The van der Waals surface area contributed by atoms with Gasteiger partial charge in [-0.3, -0.25) is 13.9 Å². The van der Waals surface area contributed by atoms with Crippen molar-refractivity contribution < 1.29 is 22.7 Å². The van der Waals surface area contributed by atoms with Crippen LogP contribution in [-0.2, 0) is 26.2 Å². The molecule has 0 aromatic heterocycles. The molecule has 3 aromatic carbocycles. The van der Waals surface area contributed by atoms with Crippen molar-refractivity contribution in [3.63, 3.8) is 0 Å². The van der Waals surface area contributed by atoms with Crippen LogP contribution in [0.1, 0.15) is 31.4 Å². The Labute approximate surface area is 259 Å². The van der Waals surface area contributed by atoms with Gasteiger partial charge in [-0.05, 0) is 84.2 Å². The summed E-state index contributed by atoms with van der Waals surface area (Å²) in [5.74, 6) is -0.444. The number of rotatable bonds is 12. The highest BCUT2D eigenvalue weighted by Gasteiger charge is 2.34. The summed E-state index contributed by atoms with van der Waals surface area (Å²) in [6.45, 7) is 5.30. The van der Waals surface area contributed by atoms with Crippen molar-refractivity contribution in [2.75, 3.05) is 24.5 Å². The van der Waals surface area contributed by atoms with Crippen LogP contribution in [0.2, 0.25) is 10.0 Å². The molecule has 8 nitrogen and oxygen atoms in total. The van der Waals surface area contributed by atoms with Crippen molar-refractivity contribution in [3.05, 3.63) is 86.3 Å². The highest BCUT2D eigenvalue weighted by atomic mass is 79.9. The molecule has 0 unspecified atom stereocenters. The summed E-state index contributed by atoms with van der Waals surface area (Å²) in [5, 5.41) is 3.43. The number of methoxy groups -OCH3 is 1. The molecule has 12 heteroatoms. The van der Waals surface area contributed by atoms with Gasteiger partial charge >= 0.3 is 0 Å². The average molecular weight is 685 g/mol. The molecule has 0 aliphatic rings. The molecule has 0 heterocycles. The Kier molecular flexibility index (Phi) is 11.5. The highest BCUT2D eigenvalue weighted by molar-refractivity contribution is 9.10. The molecule has 0 aliphatic carbocycles. The van der Waals surface area contributed by atoms with Gasteiger partial charge in [0.15, 0.2) is 0 Å². The molecule has 1 N–H and O–H groups in total. The van der Waals surface area contributed by atoms with Crippen LogP contribution in [0.25, 0.3) is 0 Å². The van der Waals surface area contributed by atoms with E-state index in [2.05, 4.69) is 21.2 Å². The van der Waals surface area contributed by atoms with E-state index in [1.165, 1.54) is 30.2 Å². The van der Waals surface area contributed by atoms with E-state index < -0.39 is 28.5 Å². The smallest absolute Gasteiger partial charge is 0.264 e. The number of likely N-dealkylation sites (N-methyl/N-ethyl adjacent to an activating group) is 1. The van der Waals surface area contributed by atoms with E-state index in [0.29, 0.717) is 44.5 Å². The molecule has 0 saturated heterocycles. The molecule has 0 radical (unpaired) electrons. The van der Waals surface area contributed by atoms with E-state index in [1.54, 1.807) is 56.3 Å². The summed E-state index contributed by atoms with van der Waals surface area (Å²) in [7, 11) is -2.75. The van der Waals surface area contributed by atoms with Crippen LogP contribution in [0.5, 0.6) is 5.75 Å². The number of hydrogen-bond donors (Lipinski definition) is 1. The minimum Gasteiger partial charge on any atom is -0.496 e. The van der Waals surface area contributed by atoms with E-state index in [-0.39, 0.29) is 17.3 Å². The molecule has 3 rings (SSSR count). The minimum atomic E-state index is -4.23. The van der Waals surface area contributed by atoms with Crippen LogP contribution in [0.15, 0.2) is 70.0 Å². The van der Waals surface area contributed by atoms with Crippen LogP contribution in [-0.4, -0.2) is 51.4 Å². The maximum absolute atomic E-state index is 14.1. The van der Waals surface area contributed by atoms with Crippen molar-refractivity contribution in [3.8, 4) is 5.75 Å². The lowest BCUT2D eigenvalue weighted by molar-refractivity contribution is -0.140. The van der Waals surface area contributed by atoms with Crippen molar-refractivity contribution in [1.29, 1.82) is 0 Å². The maximum Gasteiger partial charge on any atom is 0.264 e. The number of hydrogen-bond acceptors (Lipinski definition) is 5. The highest BCUT2D eigenvalue weighted by Crippen LogP contribution is 2.31. The molecule has 3 aromatic rings. The predicted molar refractivity (Wildman–Crippen MR) is 166 cm³/mol. The number of nitrogens with zero attached hydrogens (tertiary/aromatic N) is 2. The summed E-state index contributed by atoms with van der Waals surface area (Å²) in [6.07, 6.45) is 0.307. The minimum absolute atomic E-state index is 0.0151. The van der Waals surface area contributed by atoms with Gasteiger partial charge in [-0.2, -0.15) is 0 Å². The van der Waals surface area contributed by atoms with Gasteiger partial charge in [-0.15, -0.1) is 0 Å². The van der Waals surface area contributed by atoms with Gasteiger partial charge in [0.1, 0.15) is 18.3 Å². The average Bonchev–Trinajstić information content (AvgIpc) is 2.94. The fraction of sp³-hybridized carbons (Fsp3) is 0.310. The van der Waals surface area contributed by atoms with Crippen molar-refractivity contribution >= 4 is 66.7 Å². The number of ether oxygens (including phenoxy) is 1. The standard InChI is InChI=1S/C29H32BrCl2N3O5S/c1-5-26(29(37)33-6-2)34(17-20-9-13-24(31)25(32)15-20)28(36)18-35(21-10-7-19(3)8-11-21)41(38,39)22-12-14-27(40-4)23(30)16-22/h7-16,26H,5-6,17-18H2,1-4H3,(H,33,37)/t26-/m1/s1. The first-order valence-electron chi connectivity index (χ1n) is 12.9. The largest absolute Gasteiger partial charge is 0.496 e. The Balaban J connectivity index is 2.09. The topological polar surface area (TPSA) is 96.0 Å². The van der Waals surface area contributed by atoms with Gasteiger partial charge in [0.05, 0.1) is 32.2 Å². The molecular weight excluding hydrogens is 653 g/mol. The van der Waals surface area contributed by atoms with E-state index in [0.717, 1.165) is 9.87 Å². The molecule has 41 heavy (non-hydrogen) atoms. The number of nitrogens with one attached hydrogen (secondary N) is 1. The third-order valence-corrected chi connectivity index (χ3v) is 9.51. The van der Waals surface area contributed by atoms with Crippen molar-refractivity contribution in [1.82, 2.24) is 10.2 Å². The zero-order valence-corrected chi connectivity index (χ0v) is 27.1. The number of carbonyl (C=O) groups is 2. The van der Waals surface area contributed by atoms with Crippen LogP contribution in [0, 0.1) is 6.92 Å². The lowest BCUT2D eigenvalue weighted by atomic mass is 10.1. The third kappa shape index (κ3) is 7.94. The van der Waals surface area contributed by atoms with Gasteiger partial charge in [-0.25, -0.2) is 8.42 Å². The van der Waals surface area contributed by atoms with Gasteiger partial charge < -0.3 is 15.0 Å². The summed E-state index contributed by atoms with van der Waals surface area (Å²) >= 11 is 15.7. The zero-order valence-electron chi connectivity index (χ0n) is 23.2. The second kappa shape index (κ2) is 14.4. The number of amides is 2. The summed E-state index contributed by atoms with van der Waals surface area (Å²) in [4.78, 5) is 28.4. The number of carbonyl (C=O) groups excluding carboxylic acids is 2. The van der Waals surface area contributed by atoms with Crippen molar-refractivity contribution in [2.24, 2.45) is 0 Å². The van der Waals surface area contributed by atoms with Gasteiger partial charge in [0.2, 0.25) is 11.8 Å². The lowest BCUT2D eigenvalue weighted by Gasteiger charge is -2.33. The second-order valence-corrected chi connectivity index (χ2v) is 12.8. The molecule has 1 atom stereocenters. The molecule has 0 spiro atoms. The molecule has 0 bridgehead atoms. The van der Waals surface area contributed by atoms with E-state index in [1.807, 2.05) is 6.92 Å². The monoisotopic (exact) mass is 683 g/mol. The van der Waals surface area contributed by atoms with E-state index in [9.17, 15) is 18.0 Å². The predicted octanol–water partition coefficient (Wildman–Crippen LogP) is 6.21. The molecule has 0 saturated carbocycles. The maximum atomic E-state index is 14.1. The normalized spacial score (nSPS) is 12.0. The Morgan fingerprint density at radius 1 is 1.00 bits per heavy atom. The Bertz CT molecular complexity index is 1500. The zero-order chi connectivity index (χ0) is 30.3. The Morgan fingerprint density at radius 3 is 2.24 bits per heavy atom. The summed E-state index contributed by atoms with van der Waals surface area (Å²) < 4.78 is 34.8. The number of anilines is 1. The number of aryl methyl sites for hydroxylation is 1. The van der Waals surface area contributed by atoms with E-state index in [4.69, 9.17) is 27.9 Å². The Hall–Kier alpha value is -2.79. The van der Waals surface area contributed by atoms with Gasteiger partial charge in [0, 0.05) is 13.1 Å². The van der Waals surface area contributed by atoms with Crippen LogP contribution < -0.4 is 14.4 Å². The van der Waals surface area contributed by atoms with Crippen LogP contribution in [0.3, 0.4) is 0 Å². The van der Waals surface area contributed by atoms with Crippen molar-refractivity contribution in [2.45, 2.75) is 44.7 Å². The molecule has 220 valence electrons. The molecule has 2 amide bonds. The SMILES string of the molecule is CCNC(=O)[C@@H](CC)N(Cc1ccc(Cl)c(Cl)c1)C(=O)CN(c1ccc(C)cc1)S(=O)(=O)c1ccc(OC)c(Br)c1. The number of sulfonamides is 1.